The fourth-order valence-electron chi connectivity index (χ4n) is 2.17. The van der Waals surface area contributed by atoms with Gasteiger partial charge >= 0.3 is 5.69 Å². The van der Waals surface area contributed by atoms with Crippen molar-refractivity contribution in [3.05, 3.63) is 16.7 Å². The molecule has 114 valence electrons. The van der Waals surface area contributed by atoms with E-state index in [2.05, 4.69) is 21.9 Å². The number of alkyl halides is 1. The van der Waals surface area contributed by atoms with Gasteiger partial charge in [-0.2, -0.15) is 14.8 Å². The Bertz CT molecular complexity index is 653. The van der Waals surface area contributed by atoms with Gasteiger partial charge in [-0.3, -0.25) is 0 Å². The minimum Gasteiger partial charge on any atom is -0.391 e. The Labute approximate surface area is 125 Å². The number of halogens is 1. The number of nitrogen functional groups attached to an aromatic ring is 1. The molecule has 21 heavy (non-hydrogen) atoms. The summed E-state index contributed by atoms with van der Waals surface area (Å²) in [5.74, 6) is 5.14. The number of ether oxygens (including phenoxy) is 1. The van der Waals surface area contributed by atoms with Gasteiger partial charge < -0.3 is 20.7 Å². The third kappa shape index (κ3) is 2.61. The summed E-state index contributed by atoms with van der Waals surface area (Å²) < 4.78 is 6.34. The maximum Gasteiger partial charge on any atom is 0.368 e. The Balaban J connectivity index is 2.54. The molecule has 1 aromatic heterocycles. The van der Waals surface area contributed by atoms with Crippen molar-refractivity contribution in [3.8, 4) is 11.8 Å². The van der Waals surface area contributed by atoms with Gasteiger partial charge in [0.25, 0.3) is 0 Å². The molecule has 1 fully saturated rings. The normalized spacial score (nSPS) is 33.3. The predicted molar refractivity (Wildman–Crippen MR) is 74.3 cm³/mol. The van der Waals surface area contributed by atoms with Gasteiger partial charge in [-0.1, -0.05) is 17.5 Å². The first kappa shape index (κ1) is 15.7. The highest BCUT2D eigenvalue weighted by Crippen LogP contribution is 2.43. The Morgan fingerprint density at radius 1 is 1.67 bits per heavy atom. The van der Waals surface area contributed by atoms with Gasteiger partial charge in [0.15, 0.2) is 11.1 Å². The first-order valence-corrected chi connectivity index (χ1v) is 6.54. The van der Waals surface area contributed by atoms with Gasteiger partial charge in [0.05, 0.1) is 12.3 Å². The van der Waals surface area contributed by atoms with Crippen molar-refractivity contribution in [2.75, 3.05) is 5.73 Å². The topological polar surface area (TPSA) is 123 Å². The smallest absolute Gasteiger partial charge is 0.368 e. The lowest BCUT2D eigenvalue weighted by Crippen LogP contribution is -2.45. The van der Waals surface area contributed by atoms with Crippen molar-refractivity contribution in [1.82, 2.24) is 14.8 Å². The van der Waals surface area contributed by atoms with Crippen LogP contribution in [0, 0.1) is 11.8 Å². The number of nitrogens with two attached hydrogens (primary N) is 1. The summed E-state index contributed by atoms with van der Waals surface area (Å²) in [5, 5.41) is 23.8. The van der Waals surface area contributed by atoms with Crippen molar-refractivity contribution in [2.45, 2.75) is 43.3 Å². The van der Waals surface area contributed by atoms with Gasteiger partial charge in [-0.05, 0) is 13.8 Å². The second-order valence-corrected chi connectivity index (χ2v) is 5.32. The molecule has 4 N–H and O–H groups in total. The largest absolute Gasteiger partial charge is 0.391 e. The highest BCUT2D eigenvalue weighted by atomic mass is 35.5. The van der Waals surface area contributed by atoms with Crippen molar-refractivity contribution < 1.29 is 14.9 Å². The molecule has 0 amide bonds. The molecular weight excluding hydrogens is 300 g/mol. The van der Waals surface area contributed by atoms with E-state index in [0.29, 0.717) is 0 Å². The Kier molecular flexibility index (Phi) is 4.20. The minimum absolute atomic E-state index is 0.0522. The van der Waals surface area contributed by atoms with Crippen LogP contribution in [0.4, 0.5) is 5.82 Å². The molecule has 0 aromatic carbocycles. The average Bonchev–Trinajstić information content (AvgIpc) is 2.64. The van der Waals surface area contributed by atoms with Crippen LogP contribution in [-0.2, 0) is 4.74 Å². The molecule has 1 unspecified atom stereocenters. The maximum atomic E-state index is 11.9. The molecule has 1 aliphatic heterocycles. The number of aliphatic hydroxyl groups excluding tert-OH is 2. The number of anilines is 1. The summed E-state index contributed by atoms with van der Waals surface area (Å²) >= 11 is 6.35. The van der Waals surface area contributed by atoms with E-state index < -0.39 is 35.1 Å². The molecule has 1 aromatic rings. The summed E-state index contributed by atoms with van der Waals surface area (Å²) in [6.45, 7) is 2.96. The van der Waals surface area contributed by atoms with Gasteiger partial charge in [-0.25, -0.2) is 4.79 Å². The van der Waals surface area contributed by atoms with E-state index in [9.17, 15) is 15.0 Å². The van der Waals surface area contributed by atoms with Crippen molar-refractivity contribution in [1.29, 1.82) is 0 Å². The molecular formula is C12H15ClN4O4. The van der Waals surface area contributed by atoms with E-state index in [1.165, 1.54) is 13.8 Å². The number of hydrogen-bond acceptors (Lipinski definition) is 7. The summed E-state index contributed by atoms with van der Waals surface area (Å²) in [4.78, 5) is 13.8. The van der Waals surface area contributed by atoms with Crippen molar-refractivity contribution in [3.63, 3.8) is 0 Å². The number of rotatable bonds is 2. The Hall–Kier alpha value is -1.66. The lowest BCUT2D eigenvalue weighted by atomic mass is 9.97. The number of hydrogen-bond donors (Lipinski definition) is 3. The predicted octanol–water partition coefficient (Wildman–Crippen LogP) is -1.14. The van der Waals surface area contributed by atoms with Crippen LogP contribution in [0.1, 0.15) is 20.1 Å². The highest BCUT2D eigenvalue weighted by Gasteiger charge is 2.57. The molecule has 0 aliphatic carbocycles. The Morgan fingerprint density at radius 2 is 2.33 bits per heavy atom. The lowest BCUT2D eigenvalue weighted by molar-refractivity contribution is -0.0809. The molecule has 1 aliphatic rings. The third-order valence-electron chi connectivity index (χ3n) is 3.14. The third-order valence-corrected chi connectivity index (χ3v) is 3.64. The van der Waals surface area contributed by atoms with Gasteiger partial charge in [-0.15, -0.1) is 5.92 Å². The fourth-order valence-corrected chi connectivity index (χ4v) is 2.53. The summed E-state index contributed by atoms with van der Waals surface area (Å²) in [6.07, 6.45) is -3.40. The van der Waals surface area contributed by atoms with E-state index >= 15 is 0 Å². The van der Waals surface area contributed by atoms with Crippen LogP contribution in [0.5, 0.6) is 0 Å². The van der Waals surface area contributed by atoms with Gasteiger partial charge in [0.1, 0.15) is 18.0 Å². The fraction of sp³-hybridized carbons (Fsp3) is 0.583. The van der Waals surface area contributed by atoms with E-state index in [-0.39, 0.29) is 5.82 Å². The minimum atomic E-state index is -1.63. The van der Waals surface area contributed by atoms with Crippen LogP contribution < -0.4 is 11.4 Å². The molecule has 9 heteroatoms. The van der Waals surface area contributed by atoms with Gasteiger partial charge in [0, 0.05) is 0 Å². The zero-order valence-electron chi connectivity index (χ0n) is 11.4. The molecule has 2 rings (SSSR count). The lowest BCUT2D eigenvalue weighted by Gasteiger charge is -2.24. The quantitative estimate of drug-likeness (QED) is 0.465. The molecule has 1 saturated heterocycles. The number of aromatic nitrogens is 3. The SMILES string of the molecule is CC#C[C@@]1(Cl)C(O)[C@@H]([C@H](C)O)O[C@H]1n1ncc(N)nc1=O. The maximum absolute atomic E-state index is 11.9. The zero-order chi connectivity index (χ0) is 15.8. The molecule has 2 heterocycles. The molecule has 0 spiro atoms. The van der Waals surface area contributed by atoms with E-state index in [0.717, 1.165) is 10.9 Å². The van der Waals surface area contributed by atoms with Crippen LogP contribution in [0.2, 0.25) is 0 Å². The first-order chi connectivity index (χ1) is 9.81. The Morgan fingerprint density at radius 3 is 2.86 bits per heavy atom. The number of nitrogens with zero attached hydrogens (tertiary/aromatic N) is 3. The summed E-state index contributed by atoms with van der Waals surface area (Å²) in [5.41, 5.74) is 4.59. The van der Waals surface area contributed by atoms with Crippen LogP contribution in [0.15, 0.2) is 11.0 Å². The summed E-state index contributed by atoms with van der Waals surface area (Å²) in [7, 11) is 0. The second-order valence-electron chi connectivity index (χ2n) is 4.69. The van der Waals surface area contributed by atoms with E-state index in [4.69, 9.17) is 22.1 Å². The molecule has 5 atom stereocenters. The summed E-state index contributed by atoms with van der Waals surface area (Å²) in [6, 6.07) is 0. The van der Waals surface area contributed by atoms with Crippen LogP contribution >= 0.6 is 11.6 Å². The van der Waals surface area contributed by atoms with Crippen LogP contribution in [-0.4, -0.2) is 48.2 Å². The highest BCUT2D eigenvalue weighted by molar-refractivity contribution is 6.27. The van der Waals surface area contributed by atoms with Crippen molar-refractivity contribution in [2.24, 2.45) is 0 Å². The zero-order valence-corrected chi connectivity index (χ0v) is 12.2. The second kappa shape index (κ2) is 5.61. The molecule has 0 bridgehead atoms. The molecule has 0 radical (unpaired) electrons. The van der Waals surface area contributed by atoms with Crippen LogP contribution in [0.25, 0.3) is 0 Å². The number of aliphatic hydroxyl groups is 2. The van der Waals surface area contributed by atoms with E-state index in [1.54, 1.807) is 0 Å². The molecule has 0 saturated carbocycles. The van der Waals surface area contributed by atoms with Crippen LogP contribution in [0.3, 0.4) is 0 Å². The van der Waals surface area contributed by atoms with Crippen molar-refractivity contribution >= 4 is 17.4 Å². The first-order valence-electron chi connectivity index (χ1n) is 6.17. The monoisotopic (exact) mass is 314 g/mol. The molecule has 8 nitrogen and oxygen atoms in total. The van der Waals surface area contributed by atoms with Gasteiger partial charge in [0.2, 0.25) is 0 Å². The standard InChI is InChI=1S/C12H15ClN4O4/c1-3-4-12(13)9(19)8(6(2)18)21-10(12)17-11(20)16-7(14)5-15-17/h5-6,8-10,18-19H,1-2H3,(H2,14,16,20)/t6-,8+,9?,10+,12+/m0/s1. The average molecular weight is 315 g/mol. The van der Waals surface area contributed by atoms with E-state index in [1.807, 2.05) is 0 Å².